The summed E-state index contributed by atoms with van der Waals surface area (Å²) in [5, 5.41) is 9.04. The summed E-state index contributed by atoms with van der Waals surface area (Å²) in [6.07, 6.45) is 3.60. The van der Waals surface area contributed by atoms with Gasteiger partial charge < -0.3 is 9.64 Å². The molecule has 0 amide bonds. The number of benzene rings is 1. The van der Waals surface area contributed by atoms with Crippen molar-refractivity contribution in [1.82, 2.24) is 24.5 Å². The predicted molar refractivity (Wildman–Crippen MR) is 145 cm³/mol. The second-order valence-electron chi connectivity index (χ2n) is 8.79. The van der Waals surface area contributed by atoms with Crippen molar-refractivity contribution in [2.45, 2.75) is 13.2 Å². The number of piperazine rings is 1. The monoisotopic (exact) mass is 561 g/mol. The number of nitrogens with zero attached hydrogens (tertiary/aromatic N) is 5. The maximum atomic E-state index is 11.8. The molecule has 10 nitrogen and oxygen atoms in total. The predicted octanol–water partition coefficient (Wildman–Crippen LogP) is 3.75. The van der Waals surface area contributed by atoms with Crippen LogP contribution in [0.1, 0.15) is 17.5 Å². The fraction of sp³-hybridized carbons (Fsp3) is 0.292. The number of halogens is 2. The fourth-order valence-electron chi connectivity index (χ4n) is 4.29. The van der Waals surface area contributed by atoms with Crippen LogP contribution in [-0.4, -0.2) is 65.3 Å². The average molecular weight is 562 g/mol. The van der Waals surface area contributed by atoms with Gasteiger partial charge in [0.2, 0.25) is 10.0 Å². The molecule has 1 atom stereocenters. The van der Waals surface area contributed by atoms with E-state index in [1.807, 2.05) is 24.3 Å². The van der Waals surface area contributed by atoms with Gasteiger partial charge in [0.1, 0.15) is 17.3 Å². The number of anilines is 1. The zero-order chi connectivity index (χ0) is 26.3. The van der Waals surface area contributed by atoms with Gasteiger partial charge in [-0.2, -0.15) is 9.40 Å². The second-order valence-corrected chi connectivity index (χ2v) is 11.6. The summed E-state index contributed by atoms with van der Waals surface area (Å²) in [7, 11) is -3.18. The molecule has 1 aromatic carbocycles. The molecule has 4 aromatic rings. The number of rotatable bonds is 6. The highest BCUT2D eigenvalue weighted by Gasteiger charge is 2.24. The Morgan fingerprint density at radius 3 is 2.51 bits per heavy atom. The first-order chi connectivity index (χ1) is 17.6. The summed E-state index contributed by atoms with van der Waals surface area (Å²) in [6.45, 7) is 3.81. The fourth-order valence-corrected chi connectivity index (χ4v) is 5.68. The number of H-pyrrole nitrogens is 1. The van der Waals surface area contributed by atoms with Crippen molar-refractivity contribution in [3.63, 3.8) is 0 Å². The van der Waals surface area contributed by atoms with E-state index in [4.69, 9.17) is 33.7 Å². The molecular weight excluding hydrogens is 537 g/mol. The van der Waals surface area contributed by atoms with Crippen LogP contribution < -0.4 is 15.4 Å². The van der Waals surface area contributed by atoms with Gasteiger partial charge in [0.05, 0.1) is 27.5 Å². The van der Waals surface area contributed by atoms with Crippen molar-refractivity contribution >= 4 is 49.9 Å². The molecule has 0 saturated carbocycles. The van der Waals surface area contributed by atoms with Crippen LogP contribution in [-0.2, 0) is 10.0 Å². The van der Waals surface area contributed by atoms with Crippen LogP contribution in [0.5, 0.6) is 5.75 Å². The quantitative estimate of drug-likeness (QED) is 0.340. The molecule has 3 N–H and O–H groups in total. The van der Waals surface area contributed by atoms with Gasteiger partial charge in [0.25, 0.3) is 0 Å². The van der Waals surface area contributed by atoms with Gasteiger partial charge in [-0.1, -0.05) is 23.2 Å². The third kappa shape index (κ3) is 5.23. The van der Waals surface area contributed by atoms with E-state index in [2.05, 4.69) is 25.1 Å². The van der Waals surface area contributed by atoms with E-state index in [9.17, 15) is 8.42 Å². The van der Waals surface area contributed by atoms with Crippen molar-refractivity contribution in [1.29, 1.82) is 0 Å². The molecule has 1 aliphatic rings. The normalized spacial score (nSPS) is 15.8. The first-order valence-corrected chi connectivity index (χ1v) is 14.1. The number of ether oxygens (including phenoxy) is 1. The van der Waals surface area contributed by atoms with Crippen LogP contribution >= 0.6 is 23.2 Å². The van der Waals surface area contributed by atoms with Crippen LogP contribution in [0.2, 0.25) is 10.0 Å². The molecule has 0 bridgehead atoms. The third-order valence-electron chi connectivity index (χ3n) is 6.32. The Balaban J connectivity index is 1.36. The first kappa shape index (κ1) is 25.7. The van der Waals surface area contributed by atoms with Gasteiger partial charge in [0, 0.05) is 55.1 Å². The molecule has 0 spiro atoms. The number of hydrogen-bond donors (Lipinski definition) is 2. The third-order valence-corrected chi connectivity index (χ3v) is 8.40. The minimum absolute atomic E-state index is 0.331. The van der Waals surface area contributed by atoms with Crippen LogP contribution in [0.15, 0.2) is 42.7 Å². The van der Waals surface area contributed by atoms with E-state index in [1.165, 1.54) is 16.8 Å². The summed E-state index contributed by atoms with van der Waals surface area (Å²) in [6, 6.07) is 9.36. The molecule has 1 fully saturated rings. The first-order valence-electron chi connectivity index (χ1n) is 11.5. The number of nitrogens with one attached hydrogen (secondary N) is 1. The van der Waals surface area contributed by atoms with Gasteiger partial charge in [-0.15, -0.1) is 0 Å². The van der Waals surface area contributed by atoms with Gasteiger partial charge in [0.15, 0.2) is 6.23 Å². The molecule has 4 heterocycles. The minimum Gasteiger partial charge on any atom is -0.471 e. The van der Waals surface area contributed by atoms with Crippen molar-refractivity contribution in [3.05, 3.63) is 64.0 Å². The standard InChI is InChI=1S/C24H25Cl2N7O3S/c1-14-22(26)21(18(25)13-28-14)24(27)36-16-4-5-19-17(11-16)23(31-30-19)15-3-6-20(29-12-15)32-7-9-33(10-8-32)37(2,34)35/h3-6,11-13,24H,7-10,27H2,1-2H3,(H,30,31)/t24-/m0/s1. The molecule has 1 aliphatic heterocycles. The minimum atomic E-state index is -3.18. The Labute approximate surface area is 224 Å². The zero-order valence-corrected chi connectivity index (χ0v) is 22.5. The van der Waals surface area contributed by atoms with Gasteiger partial charge in [-0.3, -0.25) is 15.8 Å². The Bertz CT molecular complexity index is 1550. The molecule has 37 heavy (non-hydrogen) atoms. The Morgan fingerprint density at radius 1 is 1.08 bits per heavy atom. The topological polar surface area (TPSA) is 130 Å². The Morgan fingerprint density at radius 2 is 1.84 bits per heavy atom. The molecule has 194 valence electrons. The molecule has 13 heteroatoms. The van der Waals surface area contributed by atoms with Crippen molar-refractivity contribution in [2.75, 3.05) is 37.3 Å². The van der Waals surface area contributed by atoms with Gasteiger partial charge in [-0.05, 0) is 37.3 Å². The van der Waals surface area contributed by atoms with E-state index < -0.39 is 16.3 Å². The SMILES string of the molecule is Cc1ncc(Cl)c([C@@H](N)Oc2ccc3[nH]nc(-c4ccc(N5CCN(S(C)(=O)=O)CC5)nc4)c3c2)c1Cl. The molecule has 1 saturated heterocycles. The molecular formula is C24H25Cl2N7O3S. The summed E-state index contributed by atoms with van der Waals surface area (Å²) >= 11 is 12.7. The summed E-state index contributed by atoms with van der Waals surface area (Å²) < 4.78 is 31.0. The lowest BCUT2D eigenvalue weighted by Gasteiger charge is -2.33. The largest absolute Gasteiger partial charge is 0.471 e. The van der Waals surface area contributed by atoms with Crippen LogP contribution in [0, 0.1) is 6.92 Å². The summed E-state index contributed by atoms with van der Waals surface area (Å²) in [5.41, 5.74) is 9.74. The highest BCUT2D eigenvalue weighted by Crippen LogP contribution is 2.34. The number of fused-ring (bicyclic) bond motifs is 1. The second kappa shape index (κ2) is 10.1. The summed E-state index contributed by atoms with van der Waals surface area (Å²) in [4.78, 5) is 10.8. The summed E-state index contributed by atoms with van der Waals surface area (Å²) in [5.74, 6) is 1.31. The van der Waals surface area contributed by atoms with Gasteiger partial charge in [-0.25, -0.2) is 13.4 Å². The smallest absolute Gasteiger partial charge is 0.211 e. The lowest BCUT2D eigenvalue weighted by Crippen LogP contribution is -2.48. The molecule has 0 aliphatic carbocycles. The highest BCUT2D eigenvalue weighted by molar-refractivity contribution is 7.88. The number of pyridine rings is 2. The Kier molecular flexibility index (Phi) is 6.99. The highest BCUT2D eigenvalue weighted by atomic mass is 35.5. The number of hydrogen-bond acceptors (Lipinski definition) is 8. The number of aromatic amines is 1. The van der Waals surface area contributed by atoms with E-state index in [-0.39, 0.29) is 0 Å². The van der Waals surface area contributed by atoms with E-state index >= 15 is 0 Å². The van der Waals surface area contributed by atoms with Crippen LogP contribution in [0.4, 0.5) is 5.82 Å². The van der Waals surface area contributed by atoms with Crippen molar-refractivity contribution in [3.8, 4) is 17.0 Å². The average Bonchev–Trinajstić information content (AvgIpc) is 3.29. The Hall–Kier alpha value is -2.96. The van der Waals surface area contributed by atoms with E-state index in [0.717, 1.165) is 22.3 Å². The van der Waals surface area contributed by atoms with E-state index in [1.54, 1.807) is 19.2 Å². The number of aromatic nitrogens is 4. The maximum Gasteiger partial charge on any atom is 0.211 e. The van der Waals surface area contributed by atoms with Crippen LogP contribution in [0.25, 0.3) is 22.2 Å². The lowest BCUT2D eigenvalue weighted by molar-refractivity contribution is 0.214. The van der Waals surface area contributed by atoms with Crippen LogP contribution in [0.3, 0.4) is 0 Å². The maximum absolute atomic E-state index is 11.8. The number of nitrogens with two attached hydrogens (primary N) is 1. The lowest BCUT2D eigenvalue weighted by atomic mass is 10.1. The number of aryl methyl sites for hydroxylation is 1. The molecule has 0 unspecified atom stereocenters. The number of sulfonamides is 1. The molecule has 5 rings (SSSR count). The molecule has 3 aromatic heterocycles. The van der Waals surface area contributed by atoms with E-state index in [0.29, 0.717) is 58.9 Å². The van der Waals surface area contributed by atoms with Crippen molar-refractivity contribution < 1.29 is 13.2 Å². The van der Waals surface area contributed by atoms with Crippen molar-refractivity contribution in [2.24, 2.45) is 5.73 Å². The molecule has 0 radical (unpaired) electrons. The van der Waals surface area contributed by atoms with Gasteiger partial charge >= 0.3 is 0 Å². The zero-order valence-electron chi connectivity index (χ0n) is 20.1.